The van der Waals surface area contributed by atoms with E-state index in [4.69, 9.17) is 0 Å². The minimum atomic E-state index is -0.908. The number of hydrogen-bond acceptors (Lipinski definition) is 1. The highest BCUT2D eigenvalue weighted by atomic mass is 16.4. The molecule has 1 aliphatic rings. The molecule has 0 unspecified atom stereocenters. The number of aliphatic carboxylic acids is 1. The van der Waals surface area contributed by atoms with Crippen molar-refractivity contribution in [2.75, 3.05) is 0 Å². The first-order valence-corrected chi connectivity index (χ1v) is 7.77. The molecule has 0 amide bonds. The molecule has 3 rings (SSSR count). The van der Waals surface area contributed by atoms with Gasteiger partial charge in [-0.15, -0.1) is 0 Å². The van der Waals surface area contributed by atoms with Crippen LogP contribution in [0, 0.1) is 6.92 Å². The van der Waals surface area contributed by atoms with Gasteiger partial charge in [-0.2, -0.15) is 0 Å². The average Bonchev–Trinajstić information content (AvgIpc) is 2.52. The van der Waals surface area contributed by atoms with Gasteiger partial charge in [0.25, 0.3) is 0 Å². The molecule has 0 radical (unpaired) electrons. The highest BCUT2D eigenvalue weighted by molar-refractivity contribution is 5.95. The molecule has 2 nitrogen and oxygen atoms in total. The largest absolute Gasteiger partial charge is 0.478 e. The molecule has 0 saturated heterocycles. The molecule has 0 aliphatic heterocycles. The highest BCUT2D eigenvalue weighted by Crippen LogP contribution is 2.29. The lowest BCUT2D eigenvalue weighted by molar-refractivity contribution is -0.131. The quantitative estimate of drug-likeness (QED) is 0.852. The molecule has 1 aliphatic carbocycles. The minimum Gasteiger partial charge on any atom is -0.478 e. The molecule has 2 aromatic rings. The van der Waals surface area contributed by atoms with Crippen LogP contribution in [0.3, 0.4) is 0 Å². The lowest BCUT2D eigenvalue weighted by Gasteiger charge is -2.18. The number of carboxylic acids is 1. The molecule has 0 aromatic heterocycles. The summed E-state index contributed by atoms with van der Waals surface area (Å²) < 4.78 is 0. The topological polar surface area (TPSA) is 37.3 Å². The van der Waals surface area contributed by atoms with E-state index in [1.54, 1.807) is 0 Å². The van der Waals surface area contributed by atoms with E-state index in [1.807, 2.05) is 31.2 Å². The summed E-state index contributed by atoms with van der Waals surface area (Å²) in [6.07, 6.45) is 6.02. The predicted octanol–water partition coefficient (Wildman–Crippen LogP) is 4.39. The van der Waals surface area contributed by atoms with Crippen molar-refractivity contribution in [1.29, 1.82) is 0 Å². The Morgan fingerprint density at radius 3 is 2.45 bits per heavy atom. The number of fused-ring (bicyclic) bond motifs is 1. The van der Waals surface area contributed by atoms with Crippen LogP contribution in [-0.4, -0.2) is 11.1 Å². The first-order valence-electron chi connectivity index (χ1n) is 7.77. The van der Waals surface area contributed by atoms with Crippen molar-refractivity contribution in [2.24, 2.45) is 0 Å². The lowest BCUT2D eigenvalue weighted by atomic mass is 9.87. The third-order valence-corrected chi connectivity index (χ3v) is 4.26. The molecule has 2 aromatic carbocycles. The van der Waals surface area contributed by atoms with Crippen molar-refractivity contribution >= 4 is 11.5 Å². The number of carboxylic acid groups (broad SMARTS) is 1. The molecule has 0 heterocycles. The van der Waals surface area contributed by atoms with Crippen LogP contribution in [0.15, 0.2) is 48.5 Å². The first kappa shape index (κ1) is 14.6. The summed E-state index contributed by atoms with van der Waals surface area (Å²) in [6, 6.07) is 14.4. The van der Waals surface area contributed by atoms with E-state index >= 15 is 0 Å². The SMILES string of the molecule is Cc1cccc(/C(=C\C(=O)O)c2ccc3c(c2)CCCC3)c1. The van der Waals surface area contributed by atoms with Crippen molar-refractivity contribution in [3.8, 4) is 0 Å². The van der Waals surface area contributed by atoms with E-state index in [0.717, 1.165) is 35.1 Å². The van der Waals surface area contributed by atoms with Crippen LogP contribution in [-0.2, 0) is 17.6 Å². The van der Waals surface area contributed by atoms with Crippen LogP contribution < -0.4 is 0 Å². The lowest BCUT2D eigenvalue weighted by Crippen LogP contribution is -2.04. The average molecular weight is 292 g/mol. The number of rotatable bonds is 3. The second-order valence-corrected chi connectivity index (χ2v) is 5.96. The van der Waals surface area contributed by atoms with Gasteiger partial charge in [-0.1, -0.05) is 48.0 Å². The van der Waals surface area contributed by atoms with Crippen LogP contribution in [0.2, 0.25) is 0 Å². The van der Waals surface area contributed by atoms with Gasteiger partial charge in [-0.25, -0.2) is 4.79 Å². The summed E-state index contributed by atoms with van der Waals surface area (Å²) in [6.45, 7) is 2.02. The Balaban J connectivity index is 2.09. The normalized spacial score (nSPS) is 14.5. The molecule has 112 valence electrons. The summed E-state index contributed by atoms with van der Waals surface area (Å²) in [5.41, 5.74) is 6.64. The number of carbonyl (C=O) groups is 1. The molecule has 0 bridgehead atoms. The van der Waals surface area contributed by atoms with Crippen molar-refractivity contribution < 1.29 is 9.90 Å². The maximum atomic E-state index is 11.3. The van der Waals surface area contributed by atoms with Crippen LogP contribution in [0.5, 0.6) is 0 Å². The Morgan fingerprint density at radius 1 is 1.00 bits per heavy atom. The second kappa shape index (κ2) is 6.18. The van der Waals surface area contributed by atoms with Crippen LogP contribution in [0.25, 0.3) is 5.57 Å². The fourth-order valence-electron chi connectivity index (χ4n) is 3.17. The van der Waals surface area contributed by atoms with E-state index in [0.29, 0.717) is 0 Å². The van der Waals surface area contributed by atoms with Gasteiger partial charge in [0.1, 0.15) is 0 Å². The molecule has 1 N–H and O–H groups in total. The smallest absolute Gasteiger partial charge is 0.328 e. The second-order valence-electron chi connectivity index (χ2n) is 5.96. The highest BCUT2D eigenvalue weighted by Gasteiger charge is 2.13. The standard InChI is InChI=1S/C20H20O2/c1-14-5-4-8-17(11-14)19(13-20(21)22)18-10-9-15-6-2-3-7-16(15)12-18/h4-5,8-13H,2-3,6-7H2,1H3,(H,21,22)/b19-13+. The van der Waals surface area contributed by atoms with Crippen molar-refractivity contribution in [3.05, 3.63) is 76.4 Å². The monoisotopic (exact) mass is 292 g/mol. The van der Waals surface area contributed by atoms with Gasteiger partial charge < -0.3 is 5.11 Å². The summed E-state index contributed by atoms with van der Waals surface area (Å²) in [4.78, 5) is 11.3. The molecular weight excluding hydrogens is 272 g/mol. The fraction of sp³-hybridized carbons (Fsp3) is 0.250. The Kier molecular flexibility index (Phi) is 4.10. The Bertz CT molecular complexity index is 741. The van der Waals surface area contributed by atoms with Crippen LogP contribution >= 0.6 is 0 Å². The maximum Gasteiger partial charge on any atom is 0.328 e. The van der Waals surface area contributed by atoms with Gasteiger partial charge in [0.05, 0.1) is 0 Å². The van der Waals surface area contributed by atoms with Crippen molar-refractivity contribution in [2.45, 2.75) is 32.6 Å². The van der Waals surface area contributed by atoms with E-state index in [9.17, 15) is 9.90 Å². The van der Waals surface area contributed by atoms with Gasteiger partial charge in [0.2, 0.25) is 0 Å². The van der Waals surface area contributed by atoms with Gasteiger partial charge in [0.15, 0.2) is 0 Å². The van der Waals surface area contributed by atoms with E-state index in [1.165, 1.54) is 30.0 Å². The maximum absolute atomic E-state index is 11.3. The van der Waals surface area contributed by atoms with Crippen LogP contribution in [0.4, 0.5) is 0 Å². The van der Waals surface area contributed by atoms with E-state index in [2.05, 4.69) is 18.2 Å². The van der Waals surface area contributed by atoms with Gasteiger partial charge in [-0.05, 0) is 60.4 Å². The van der Waals surface area contributed by atoms with Gasteiger partial charge >= 0.3 is 5.97 Å². The fourth-order valence-corrected chi connectivity index (χ4v) is 3.17. The molecular formula is C20H20O2. The number of hydrogen-bond donors (Lipinski definition) is 1. The number of aryl methyl sites for hydroxylation is 3. The first-order chi connectivity index (χ1) is 10.6. The Labute approximate surface area is 131 Å². The summed E-state index contributed by atoms with van der Waals surface area (Å²) >= 11 is 0. The Hall–Kier alpha value is -2.35. The molecule has 22 heavy (non-hydrogen) atoms. The summed E-state index contributed by atoms with van der Waals surface area (Å²) in [5, 5.41) is 9.24. The molecule has 0 fully saturated rings. The zero-order valence-electron chi connectivity index (χ0n) is 12.8. The zero-order chi connectivity index (χ0) is 15.5. The molecule has 0 saturated carbocycles. The van der Waals surface area contributed by atoms with Crippen molar-refractivity contribution in [1.82, 2.24) is 0 Å². The number of benzene rings is 2. The molecule has 2 heteroatoms. The van der Waals surface area contributed by atoms with Crippen molar-refractivity contribution in [3.63, 3.8) is 0 Å². The minimum absolute atomic E-state index is 0.782. The van der Waals surface area contributed by atoms with E-state index < -0.39 is 5.97 Å². The van der Waals surface area contributed by atoms with Gasteiger partial charge in [-0.3, -0.25) is 0 Å². The summed E-state index contributed by atoms with van der Waals surface area (Å²) in [5.74, 6) is -0.908. The third-order valence-electron chi connectivity index (χ3n) is 4.26. The zero-order valence-corrected chi connectivity index (χ0v) is 12.8. The predicted molar refractivity (Wildman–Crippen MR) is 89.0 cm³/mol. The summed E-state index contributed by atoms with van der Waals surface area (Å²) in [7, 11) is 0. The Morgan fingerprint density at radius 2 is 1.73 bits per heavy atom. The molecule has 0 atom stereocenters. The van der Waals surface area contributed by atoms with E-state index in [-0.39, 0.29) is 0 Å². The third kappa shape index (κ3) is 3.11. The molecule has 0 spiro atoms. The van der Waals surface area contributed by atoms with Crippen LogP contribution in [0.1, 0.15) is 40.7 Å². The van der Waals surface area contributed by atoms with Gasteiger partial charge in [0, 0.05) is 6.08 Å².